The van der Waals surface area contributed by atoms with E-state index >= 15 is 0 Å². The molecule has 0 aliphatic heterocycles. The maximum absolute atomic E-state index is 11.4. The fourth-order valence-electron chi connectivity index (χ4n) is 2.31. The SMILES string of the molecule is CCOc1cc(C(C)=O)cc2c1CCCC2. The van der Waals surface area contributed by atoms with Gasteiger partial charge in [-0.3, -0.25) is 4.79 Å². The first-order valence-corrected chi connectivity index (χ1v) is 6.02. The van der Waals surface area contributed by atoms with Gasteiger partial charge in [0.2, 0.25) is 0 Å². The maximum Gasteiger partial charge on any atom is 0.159 e. The molecule has 1 aromatic rings. The lowest BCUT2D eigenvalue weighted by molar-refractivity contribution is 0.101. The number of fused-ring (bicyclic) bond motifs is 1. The summed E-state index contributed by atoms with van der Waals surface area (Å²) in [5, 5.41) is 0. The predicted octanol–water partition coefficient (Wildman–Crippen LogP) is 3.17. The van der Waals surface area contributed by atoms with Crippen molar-refractivity contribution in [1.29, 1.82) is 0 Å². The highest BCUT2D eigenvalue weighted by Gasteiger charge is 2.16. The predicted molar refractivity (Wildman–Crippen MR) is 64.3 cm³/mol. The van der Waals surface area contributed by atoms with Crippen molar-refractivity contribution in [2.45, 2.75) is 39.5 Å². The van der Waals surface area contributed by atoms with Gasteiger partial charge >= 0.3 is 0 Å². The van der Waals surface area contributed by atoms with Gasteiger partial charge in [0.05, 0.1) is 6.61 Å². The topological polar surface area (TPSA) is 26.3 Å². The van der Waals surface area contributed by atoms with Crippen LogP contribution in [0.2, 0.25) is 0 Å². The lowest BCUT2D eigenvalue weighted by Crippen LogP contribution is -2.08. The van der Waals surface area contributed by atoms with Gasteiger partial charge in [-0.2, -0.15) is 0 Å². The van der Waals surface area contributed by atoms with E-state index in [4.69, 9.17) is 4.74 Å². The largest absolute Gasteiger partial charge is 0.494 e. The summed E-state index contributed by atoms with van der Waals surface area (Å²) in [5.41, 5.74) is 3.41. The minimum absolute atomic E-state index is 0.120. The third-order valence-electron chi connectivity index (χ3n) is 3.13. The number of rotatable bonds is 3. The molecule has 0 radical (unpaired) electrons. The summed E-state index contributed by atoms with van der Waals surface area (Å²) in [5.74, 6) is 1.04. The van der Waals surface area contributed by atoms with Crippen molar-refractivity contribution in [3.05, 3.63) is 28.8 Å². The second-order valence-electron chi connectivity index (χ2n) is 4.31. The minimum atomic E-state index is 0.120. The monoisotopic (exact) mass is 218 g/mol. The molecule has 1 aliphatic rings. The molecule has 0 bridgehead atoms. The molecule has 0 saturated carbocycles. The van der Waals surface area contributed by atoms with Crippen LogP contribution >= 0.6 is 0 Å². The normalized spacial score (nSPS) is 14.4. The van der Waals surface area contributed by atoms with E-state index < -0.39 is 0 Å². The van der Waals surface area contributed by atoms with Crippen LogP contribution in [0.25, 0.3) is 0 Å². The molecule has 2 heteroatoms. The second-order valence-corrected chi connectivity index (χ2v) is 4.31. The van der Waals surface area contributed by atoms with E-state index in [1.807, 2.05) is 19.1 Å². The molecule has 16 heavy (non-hydrogen) atoms. The molecule has 0 amide bonds. The summed E-state index contributed by atoms with van der Waals surface area (Å²) in [6.07, 6.45) is 4.62. The summed E-state index contributed by atoms with van der Waals surface area (Å²) < 4.78 is 5.64. The van der Waals surface area contributed by atoms with Gasteiger partial charge in [-0.05, 0) is 62.8 Å². The molecular formula is C14H18O2. The van der Waals surface area contributed by atoms with Gasteiger partial charge in [-0.25, -0.2) is 0 Å². The molecule has 0 fully saturated rings. The number of benzene rings is 1. The van der Waals surface area contributed by atoms with Crippen LogP contribution in [0.15, 0.2) is 12.1 Å². The molecule has 1 aromatic carbocycles. The standard InChI is InChI=1S/C14H18O2/c1-3-16-14-9-12(10(2)15)8-11-6-4-5-7-13(11)14/h8-9H,3-7H2,1-2H3. The molecule has 0 aromatic heterocycles. The first kappa shape index (κ1) is 11.2. The van der Waals surface area contributed by atoms with E-state index in [0.717, 1.165) is 24.2 Å². The molecule has 2 nitrogen and oxygen atoms in total. The first-order chi connectivity index (χ1) is 7.72. The van der Waals surface area contributed by atoms with Crippen LogP contribution < -0.4 is 4.74 Å². The Labute approximate surface area is 96.6 Å². The van der Waals surface area contributed by atoms with E-state index in [0.29, 0.717) is 6.61 Å². The lowest BCUT2D eigenvalue weighted by Gasteiger charge is -2.20. The van der Waals surface area contributed by atoms with E-state index in [1.54, 1.807) is 6.92 Å². The van der Waals surface area contributed by atoms with Gasteiger partial charge in [0.25, 0.3) is 0 Å². The Balaban J connectivity index is 2.47. The summed E-state index contributed by atoms with van der Waals surface area (Å²) in [6, 6.07) is 3.94. The molecule has 0 unspecified atom stereocenters. The summed E-state index contributed by atoms with van der Waals surface area (Å²) in [6.45, 7) is 4.25. The average Bonchev–Trinajstić information content (AvgIpc) is 2.29. The molecular weight excluding hydrogens is 200 g/mol. The van der Waals surface area contributed by atoms with Crippen LogP contribution in [0, 0.1) is 0 Å². The van der Waals surface area contributed by atoms with Gasteiger partial charge in [0.15, 0.2) is 5.78 Å². The van der Waals surface area contributed by atoms with Crippen molar-refractivity contribution in [2.24, 2.45) is 0 Å². The number of Topliss-reactive ketones (excluding diaryl/α,β-unsaturated/α-hetero) is 1. The van der Waals surface area contributed by atoms with E-state index in [2.05, 4.69) is 0 Å². The fourth-order valence-corrected chi connectivity index (χ4v) is 2.31. The van der Waals surface area contributed by atoms with Crippen LogP contribution in [0.5, 0.6) is 5.75 Å². The number of carbonyl (C=O) groups is 1. The van der Waals surface area contributed by atoms with Gasteiger partial charge < -0.3 is 4.74 Å². The summed E-state index contributed by atoms with van der Waals surface area (Å²) >= 11 is 0. The summed E-state index contributed by atoms with van der Waals surface area (Å²) in [7, 11) is 0. The zero-order valence-corrected chi connectivity index (χ0v) is 10.0. The second kappa shape index (κ2) is 4.69. The quantitative estimate of drug-likeness (QED) is 0.728. The first-order valence-electron chi connectivity index (χ1n) is 6.02. The highest BCUT2D eigenvalue weighted by atomic mass is 16.5. The number of hydrogen-bond donors (Lipinski definition) is 0. The Morgan fingerprint density at radius 3 is 2.75 bits per heavy atom. The van der Waals surface area contributed by atoms with Gasteiger partial charge in [0.1, 0.15) is 5.75 Å². The molecule has 1 aliphatic carbocycles. The smallest absolute Gasteiger partial charge is 0.159 e. The number of aryl methyl sites for hydroxylation is 1. The molecule has 2 rings (SSSR count). The Hall–Kier alpha value is -1.31. The van der Waals surface area contributed by atoms with Crippen molar-refractivity contribution in [2.75, 3.05) is 6.61 Å². The Bertz CT molecular complexity index is 407. The Kier molecular flexibility index (Phi) is 3.28. The van der Waals surface area contributed by atoms with Crippen LogP contribution in [0.3, 0.4) is 0 Å². The molecule has 86 valence electrons. The zero-order valence-electron chi connectivity index (χ0n) is 10.0. The highest BCUT2D eigenvalue weighted by molar-refractivity contribution is 5.94. The van der Waals surface area contributed by atoms with Crippen molar-refractivity contribution < 1.29 is 9.53 Å². The Morgan fingerprint density at radius 1 is 1.31 bits per heavy atom. The average molecular weight is 218 g/mol. The number of ketones is 1. The molecule has 0 saturated heterocycles. The van der Waals surface area contributed by atoms with Crippen molar-refractivity contribution >= 4 is 5.78 Å². The Morgan fingerprint density at radius 2 is 2.06 bits per heavy atom. The summed E-state index contributed by atoms with van der Waals surface area (Å²) in [4.78, 5) is 11.4. The minimum Gasteiger partial charge on any atom is -0.494 e. The lowest BCUT2D eigenvalue weighted by atomic mass is 9.89. The number of hydrogen-bond acceptors (Lipinski definition) is 2. The number of carbonyl (C=O) groups excluding carboxylic acids is 1. The molecule has 0 spiro atoms. The third-order valence-corrected chi connectivity index (χ3v) is 3.13. The van der Waals surface area contributed by atoms with Gasteiger partial charge in [0, 0.05) is 5.56 Å². The van der Waals surface area contributed by atoms with E-state index in [9.17, 15) is 4.79 Å². The van der Waals surface area contributed by atoms with Crippen LogP contribution in [-0.2, 0) is 12.8 Å². The van der Waals surface area contributed by atoms with Gasteiger partial charge in [-0.1, -0.05) is 0 Å². The number of ether oxygens (including phenoxy) is 1. The fraction of sp³-hybridized carbons (Fsp3) is 0.500. The van der Waals surface area contributed by atoms with Gasteiger partial charge in [-0.15, -0.1) is 0 Å². The molecule has 0 N–H and O–H groups in total. The third kappa shape index (κ3) is 2.11. The molecule has 0 atom stereocenters. The highest BCUT2D eigenvalue weighted by Crippen LogP contribution is 2.31. The van der Waals surface area contributed by atoms with E-state index in [-0.39, 0.29) is 5.78 Å². The van der Waals surface area contributed by atoms with Crippen LogP contribution in [0.1, 0.15) is 48.2 Å². The van der Waals surface area contributed by atoms with E-state index in [1.165, 1.54) is 24.0 Å². The maximum atomic E-state index is 11.4. The zero-order chi connectivity index (χ0) is 11.5. The van der Waals surface area contributed by atoms with Crippen LogP contribution in [0.4, 0.5) is 0 Å². The van der Waals surface area contributed by atoms with Crippen molar-refractivity contribution in [3.8, 4) is 5.75 Å². The van der Waals surface area contributed by atoms with Crippen molar-refractivity contribution in [3.63, 3.8) is 0 Å². The van der Waals surface area contributed by atoms with Crippen LogP contribution in [-0.4, -0.2) is 12.4 Å². The van der Waals surface area contributed by atoms with Crippen molar-refractivity contribution in [1.82, 2.24) is 0 Å². The molecule has 0 heterocycles.